The zero-order valence-corrected chi connectivity index (χ0v) is 16.7. The van der Waals surface area contributed by atoms with Crippen LogP contribution in [0.5, 0.6) is 11.5 Å². The van der Waals surface area contributed by atoms with E-state index < -0.39 is 17.8 Å². The van der Waals surface area contributed by atoms with Crippen molar-refractivity contribution in [3.63, 3.8) is 0 Å². The molecule has 0 N–H and O–H groups in total. The van der Waals surface area contributed by atoms with Crippen LogP contribution in [0.15, 0.2) is 36.4 Å². The summed E-state index contributed by atoms with van der Waals surface area (Å²) >= 11 is 0. The normalized spacial score (nSPS) is 15.4. The predicted octanol–water partition coefficient (Wildman–Crippen LogP) is 3.07. The zero-order chi connectivity index (χ0) is 21.0. The van der Waals surface area contributed by atoms with E-state index in [2.05, 4.69) is 0 Å². The van der Waals surface area contributed by atoms with E-state index in [0.717, 1.165) is 11.1 Å². The molecule has 29 heavy (non-hydrogen) atoms. The van der Waals surface area contributed by atoms with Crippen molar-refractivity contribution in [2.45, 2.75) is 25.3 Å². The third-order valence-electron chi connectivity index (χ3n) is 5.21. The van der Waals surface area contributed by atoms with E-state index in [1.165, 1.54) is 20.3 Å². The Labute approximate surface area is 169 Å². The number of carbonyl (C=O) groups excluding carboxylic acids is 2. The van der Waals surface area contributed by atoms with Gasteiger partial charge in [0.15, 0.2) is 11.5 Å². The number of halogens is 1. The number of esters is 1. The summed E-state index contributed by atoms with van der Waals surface area (Å²) < 4.78 is 29.6. The van der Waals surface area contributed by atoms with Gasteiger partial charge in [0, 0.05) is 6.54 Å². The molecular formula is C22H24FNO5. The van der Waals surface area contributed by atoms with Crippen LogP contribution < -0.4 is 9.47 Å². The van der Waals surface area contributed by atoms with E-state index >= 15 is 0 Å². The van der Waals surface area contributed by atoms with Gasteiger partial charge in [-0.3, -0.25) is 9.59 Å². The van der Waals surface area contributed by atoms with Gasteiger partial charge in [0.1, 0.15) is 5.82 Å². The molecule has 0 bridgehead atoms. The summed E-state index contributed by atoms with van der Waals surface area (Å²) in [6, 6.07) is 9.35. The molecule has 0 aromatic heterocycles. The maximum Gasteiger partial charge on any atom is 0.307 e. The van der Waals surface area contributed by atoms with Crippen LogP contribution >= 0.6 is 0 Å². The summed E-state index contributed by atoms with van der Waals surface area (Å²) in [5.41, 5.74) is 2.11. The molecule has 2 aromatic rings. The molecule has 0 saturated heterocycles. The number of ether oxygens (including phenoxy) is 3. The molecule has 1 atom stereocenters. The van der Waals surface area contributed by atoms with Crippen LogP contribution in [0, 0.1) is 5.82 Å². The molecule has 0 saturated carbocycles. The largest absolute Gasteiger partial charge is 0.493 e. The minimum absolute atomic E-state index is 0.00198. The summed E-state index contributed by atoms with van der Waals surface area (Å²) in [6.45, 7) is 0.414. The molecule has 7 heteroatoms. The lowest BCUT2D eigenvalue weighted by Gasteiger charge is -2.37. The van der Waals surface area contributed by atoms with Gasteiger partial charge in [-0.1, -0.05) is 18.2 Å². The van der Waals surface area contributed by atoms with Gasteiger partial charge in [-0.05, 0) is 41.3 Å². The van der Waals surface area contributed by atoms with Crippen molar-refractivity contribution in [3.8, 4) is 11.5 Å². The second-order valence-electron chi connectivity index (χ2n) is 6.81. The Morgan fingerprint density at radius 1 is 1.10 bits per heavy atom. The quantitative estimate of drug-likeness (QED) is 0.696. The molecule has 1 amide bonds. The fraction of sp³-hybridized carbons (Fsp3) is 0.364. The number of fused-ring (bicyclic) bond motifs is 1. The summed E-state index contributed by atoms with van der Waals surface area (Å²) in [7, 11) is 4.40. The topological polar surface area (TPSA) is 65.1 Å². The summed E-state index contributed by atoms with van der Waals surface area (Å²) in [4.78, 5) is 26.7. The molecule has 2 aromatic carbocycles. The molecule has 0 fully saturated rings. The molecule has 0 spiro atoms. The Balaban J connectivity index is 1.96. The predicted molar refractivity (Wildman–Crippen MR) is 104 cm³/mol. The standard InChI is InChI=1S/C22H24FNO5/c1-27-19-10-14-8-9-24(21(25)11-15-6-4-5-7-17(15)23)18(13-22(26)29-3)16(14)12-20(19)28-2/h4-7,10,12,18H,8-9,11,13H2,1-3H3. The van der Waals surface area contributed by atoms with Gasteiger partial charge in [-0.15, -0.1) is 0 Å². The second-order valence-corrected chi connectivity index (χ2v) is 6.81. The summed E-state index contributed by atoms with van der Waals surface area (Å²) in [6.07, 6.45) is 0.519. The van der Waals surface area contributed by atoms with Crippen molar-refractivity contribution in [2.24, 2.45) is 0 Å². The third-order valence-corrected chi connectivity index (χ3v) is 5.21. The lowest BCUT2D eigenvalue weighted by atomic mass is 9.89. The van der Waals surface area contributed by atoms with Crippen LogP contribution in [0.1, 0.15) is 29.2 Å². The van der Waals surface area contributed by atoms with Gasteiger partial charge < -0.3 is 19.1 Å². The molecule has 1 heterocycles. The first-order chi connectivity index (χ1) is 14.0. The number of hydrogen-bond donors (Lipinski definition) is 0. The van der Waals surface area contributed by atoms with Crippen LogP contribution in [-0.4, -0.2) is 44.7 Å². The molecule has 0 aliphatic carbocycles. The van der Waals surface area contributed by atoms with Crippen molar-refractivity contribution in [3.05, 3.63) is 58.9 Å². The first kappa shape index (κ1) is 20.6. The van der Waals surface area contributed by atoms with Gasteiger partial charge in [-0.25, -0.2) is 4.39 Å². The van der Waals surface area contributed by atoms with Crippen LogP contribution in [0.4, 0.5) is 4.39 Å². The van der Waals surface area contributed by atoms with Crippen LogP contribution in [0.25, 0.3) is 0 Å². The molecule has 3 rings (SSSR count). The lowest BCUT2D eigenvalue weighted by Crippen LogP contribution is -2.42. The smallest absolute Gasteiger partial charge is 0.307 e. The van der Waals surface area contributed by atoms with Crippen LogP contribution in [-0.2, 0) is 27.2 Å². The molecule has 1 aliphatic rings. The van der Waals surface area contributed by atoms with Crippen molar-refractivity contribution in [2.75, 3.05) is 27.9 Å². The van der Waals surface area contributed by atoms with E-state index in [-0.39, 0.29) is 18.7 Å². The number of amides is 1. The molecule has 0 radical (unpaired) electrons. The fourth-order valence-corrected chi connectivity index (χ4v) is 3.69. The first-order valence-electron chi connectivity index (χ1n) is 9.33. The number of methoxy groups -OCH3 is 3. The van der Waals surface area contributed by atoms with E-state index in [4.69, 9.17) is 14.2 Å². The van der Waals surface area contributed by atoms with E-state index in [9.17, 15) is 14.0 Å². The molecule has 1 aliphatic heterocycles. The highest BCUT2D eigenvalue weighted by Gasteiger charge is 2.34. The summed E-state index contributed by atoms with van der Waals surface area (Å²) in [5.74, 6) is 0.0127. The Morgan fingerprint density at radius 2 is 1.79 bits per heavy atom. The van der Waals surface area contributed by atoms with E-state index in [1.807, 2.05) is 6.07 Å². The number of rotatable bonds is 6. The number of hydrogen-bond acceptors (Lipinski definition) is 5. The molecule has 6 nitrogen and oxygen atoms in total. The van der Waals surface area contributed by atoms with Crippen LogP contribution in [0.2, 0.25) is 0 Å². The minimum Gasteiger partial charge on any atom is -0.493 e. The Morgan fingerprint density at radius 3 is 2.45 bits per heavy atom. The highest BCUT2D eigenvalue weighted by Crippen LogP contribution is 2.39. The van der Waals surface area contributed by atoms with Gasteiger partial charge in [-0.2, -0.15) is 0 Å². The Hall–Kier alpha value is -3.09. The maximum atomic E-state index is 14.0. The van der Waals surface area contributed by atoms with Crippen molar-refractivity contribution in [1.82, 2.24) is 4.90 Å². The molecule has 1 unspecified atom stereocenters. The highest BCUT2D eigenvalue weighted by atomic mass is 19.1. The van der Waals surface area contributed by atoms with Crippen molar-refractivity contribution >= 4 is 11.9 Å². The number of benzene rings is 2. The number of nitrogens with zero attached hydrogens (tertiary/aromatic N) is 1. The molecular weight excluding hydrogens is 377 g/mol. The van der Waals surface area contributed by atoms with Crippen LogP contribution in [0.3, 0.4) is 0 Å². The average molecular weight is 401 g/mol. The van der Waals surface area contributed by atoms with Crippen molar-refractivity contribution < 1.29 is 28.2 Å². The number of carbonyl (C=O) groups is 2. The van der Waals surface area contributed by atoms with E-state index in [0.29, 0.717) is 30.0 Å². The zero-order valence-electron chi connectivity index (χ0n) is 16.7. The molecule has 154 valence electrons. The van der Waals surface area contributed by atoms with E-state index in [1.54, 1.807) is 36.3 Å². The second kappa shape index (κ2) is 8.94. The maximum absolute atomic E-state index is 14.0. The van der Waals surface area contributed by atoms with Gasteiger partial charge in [0.25, 0.3) is 0 Å². The fourth-order valence-electron chi connectivity index (χ4n) is 3.69. The Bertz CT molecular complexity index is 914. The van der Waals surface area contributed by atoms with Gasteiger partial charge >= 0.3 is 5.97 Å². The van der Waals surface area contributed by atoms with Gasteiger partial charge in [0.05, 0.1) is 40.2 Å². The first-order valence-corrected chi connectivity index (χ1v) is 9.33. The van der Waals surface area contributed by atoms with Crippen molar-refractivity contribution in [1.29, 1.82) is 0 Å². The average Bonchev–Trinajstić information content (AvgIpc) is 2.74. The summed E-state index contributed by atoms with van der Waals surface area (Å²) in [5, 5.41) is 0. The Kier molecular flexibility index (Phi) is 6.36. The van der Waals surface area contributed by atoms with Gasteiger partial charge in [0.2, 0.25) is 5.91 Å². The third kappa shape index (κ3) is 4.34. The minimum atomic E-state index is -0.523. The lowest BCUT2D eigenvalue weighted by molar-refractivity contribution is -0.144. The SMILES string of the molecule is COC(=O)CC1c2cc(OC)c(OC)cc2CCN1C(=O)Cc1ccccc1F. The monoisotopic (exact) mass is 401 g/mol. The highest BCUT2D eigenvalue weighted by molar-refractivity contribution is 5.81.